The SMILES string of the molecule is CC(C)(C)[Si](C)(C)OCCOCCOCC[B-](F)(F)F.[K+]. The van der Waals surface area contributed by atoms with Crippen molar-refractivity contribution in [2.45, 2.75) is 45.2 Å². The second kappa shape index (κ2) is 11.2. The zero-order valence-corrected chi connectivity index (χ0v) is 18.3. The normalized spacial score (nSPS) is 13.1. The fourth-order valence-electron chi connectivity index (χ4n) is 1.11. The average Bonchev–Trinajstić information content (AvgIpc) is 2.23. The third kappa shape index (κ3) is 13.7. The summed E-state index contributed by atoms with van der Waals surface area (Å²) in [6, 6.07) is 0. The topological polar surface area (TPSA) is 27.7 Å². The van der Waals surface area contributed by atoms with Crippen LogP contribution in [-0.4, -0.2) is 48.3 Å². The monoisotopic (exact) mass is 354 g/mol. The molecule has 122 valence electrons. The van der Waals surface area contributed by atoms with Crippen molar-refractivity contribution >= 4 is 15.3 Å². The molecule has 0 rings (SSSR count). The van der Waals surface area contributed by atoms with Crippen LogP contribution >= 0.6 is 0 Å². The summed E-state index contributed by atoms with van der Waals surface area (Å²) in [5.74, 6) is 0. The van der Waals surface area contributed by atoms with Gasteiger partial charge in [-0.1, -0.05) is 27.1 Å². The molecule has 0 N–H and O–H groups in total. The molecule has 0 aromatic carbocycles. The molecule has 9 heteroatoms. The molecule has 0 atom stereocenters. The quantitative estimate of drug-likeness (QED) is 0.431. The van der Waals surface area contributed by atoms with E-state index in [2.05, 4.69) is 33.9 Å². The first-order valence-electron chi connectivity index (χ1n) is 6.96. The summed E-state index contributed by atoms with van der Waals surface area (Å²) in [7, 11) is -1.74. The van der Waals surface area contributed by atoms with E-state index in [9.17, 15) is 12.9 Å². The van der Waals surface area contributed by atoms with Crippen molar-refractivity contribution in [3.05, 3.63) is 0 Å². The summed E-state index contributed by atoms with van der Waals surface area (Å²) < 4.78 is 51.6. The summed E-state index contributed by atoms with van der Waals surface area (Å²) in [5.41, 5.74) is 0. The van der Waals surface area contributed by atoms with E-state index in [0.717, 1.165) is 0 Å². The van der Waals surface area contributed by atoms with Gasteiger partial charge in [-0.05, 0) is 18.1 Å². The Hall–Kier alpha value is 1.59. The molecule has 0 aliphatic carbocycles. The summed E-state index contributed by atoms with van der Waals surface area (Å²) in [5, 5.41) is 0.162. The molecule has 0 heterocycles. The van der Waals surface area contributed by atoms with Crippen LogP contribution in [0.2, 0.25) is 24.5 Å². The largest absolute Gasteiger partial charge is 1.00 e. The van der Waals surface area contributed by atoms with Gasteiger partial charge in [-0.2, -0.15) is 0 Å². The minimum Gasteiger partial charge on any atom is -0.449 e. The van der Waals surface area contributed by atoms with Crippen LogP contribution in [0.1, 0.15) is 20.8 Å². The van der Waals surface area contributed by atoms with Crippen LogP contribution in [0.5, 0.6) is 0 Å². The number of hydrogen-bond acceptors (Lipinski definition) is 3. The maximum atomic E-state index is 11.9. The molecule has 0 amide bonds. The second-order valence-corrected chi connectivity index (χ2v) is 11.1. The Morgan fingerprint density at radius 1 is 0.857 bits per heavy atom. The first-order valence-corrected chi connectivity index (χ1v) is 9.87. The fraction of sp³-hybridized carbons (Fsp3) is 1.00. The standard InChI is InChI=1S/C12H27BF3O3Si.K/c1-12(2,3)20(4,5)19-11-10-18-9-8-17-7-6-13(14,15)16;/h6-11H2,1-5H3;/q-1;+1. The Bertz CT molecular complexity index is 273. The van der Waals surface area contributed by atoms with Gasteiger partial charge >= 0.3 is 58.4 Å². The molecule has 0 aliphatic heterocycles. The molecule has 0 radical (unpaired) electrons. The number of rotatable bonds is 10. The molecule has 0 saturated heterocycles. The van der Waals surface area contributed by atoms with Gasteiger partial charge in [-0.3, -0.25) is 0 Å². The molecular weight excluding hydrogens is 327 g/mol. The van der Waals surface area contributed by atoms with Gasteiger partial charge < -0.3 is 26.8 Å². The molecule has 0 unspecified atom stereocenters. The number of hydrogen-bond donors (Lipinski definition) is 0. The van der Waals surface area contributed by atoms with Crippen molar-refractivity contribution in [3.8, 4) is 0 Å². The molecule has 0 aromatic rings. The van der Waals surface area contributed by atoms with Crippen LogP contribution in [-0.2, 0) is 13.9 Å². The van der Waals surface area contributed by atoms with E-state index in [1.54, 1.807) is 0 Å². The van der Waals surface area contributed by atoms with E-state index in [4.69, 9.17) is 13.9 Å². The van der Waals surface area contributed by atoms with E-state index in [1.807, 2.05) is 0 Å². The fourth-order valence-corrected chi connectivity index (χ4v) is 2.14. The van der Waals surface area contributed by atoms with Crippen molar-refractivity contribution < 1.29 is 78.2 Å². The van der Waals surface area contributed by atoms with Crippen LogP contribution in [0.4, 0.5) is 12.9 Å². The van der Waals surface area contributed by atoms with Gasteiger partial charge in [0.2, 0.25) is 0 Å². The van der Waals surface area contributed by atoms with Crippen LogP contribution in [0.15, 0.2) is 0 Å². The van der Waals surface area contributed by atoms with Gasteiger partial charge in [0.05, 0.1) is 26.4 Å². The minimum absolute atomic E-state index is 0. The molecule has 21 heavy (non-hydrogen) atoms. The van der Waals surface area contributed by atoms with Gasteiger partial charge in [0, 0.05) is 6.61 Å². The average molecular weight is 354 g/mol. The Kier molecular flexibility index (Phi) is 13.2. The van der Waals surface area contributed by atoms with E-state index in [0.29, 0.717) is 19.8 Å². The summed E-state index contributed by atoms with van der Waals surface area (Å²) >= 11 is 0. The Labute approximate surface area is 170 Å². The number of ether oxygens (including phenoxy) is 2. The van der Waals surface area contributed by atoms with Crippen LogP contribution in [0, 0.1) is 0 Å². The summed E-state index contributed by atoms with van der Waals surface area (Å²) in [6.45, 7) is 7.23. The zero-order chi connectivity index (χ0) is 15.9. The van der Waals surface area contributed by atoms with Crippen LogP contribution in [0.3, 0.4) is 0 Å². The molecule has 0 fully saturated rings. The van der Waals surface area contributed by atoms with Crippen LogP contribution in [0.25, 0.3) is 0 Å². The van der Waals surface area contributed by atoms with Crippen molar-refractivity contribution in [2.24, 2.45) is 0 Å². The molecule has 0 aromatic heterocycles. The van der Waals surface area contributed by atoms with E-state index in [1.165, 1.54) is 0 Å². The van der Waals surface area contributed by atoms with Gasteiger partial charge in [0.25, 0.3) is 0 Å². The second-order valence-electron chi connectivity index (χ2n) is 6.33. The maximum Gasteiger partial charge on any atom is 1.00 e. The molecule has 0 spiro atoms. The third-order valence-corrected chi connectivity index (χ3v) is 8.00. The first-order chi connectivity index (χ1) is 8.96. The molecule has 0 aliphatic rings. The van der Waals surface area contributed by atoms with Crippen molar-refractivity contribution in [3.63, 3.8) is 0 Å². The molecule has 0 saturated carbocycles. The number of halogens is 3. The minimum atomic E-state index is -4.74. The van der Waals surface area contributed by atoms with Gasteiger partial charge in [-0.15, -0.1) is 0 Å². The van der Waals surface area contributed by atoms with E-state index >= 15 is 0 Å². The predicted octanol–water partition coefficient (Wildman–Crippen LogP) is 0.893. The van der Waals surface area contributed by atoms with Gasteiger partial charge in [-0.25, -0.2) is 0 Å². The van der Waals surface area contributed by atoms with E-state index < -0.39 is 21.6 Å². The van der Waals surface area contributed by atoms with Crippen LogP contribution < -0.4 is 51.4 Å². The zero-order valence-electron chi connectivity index (χ0n) is 14.2. The molecule has 3 nitrogen and oxygen atoms in total. The van der Waals surface area contributed by atoms with E-state index in [-0.39, 0.29) is 69.6 Å². The third-order valence-electron chi connectivity index (χ3n) is 3.46. The predicted molar refractivity (Wildman–Crippen MR) is 78.7 cm³/mol. The Balaban J connectivity index is 0. The maximum absolute atomic E-state index is 11.9. The van der Waals surface area contributed by atoms with Gasteiger partial charge in [0.1, 0.15) is 0 Å². The first kappa shape index (κ1) is 24.8. The smallest absolute Gasteiger partial charge is 0.449 e. The summed E-state index contributed by atoms with van der Waals surface area (Å²) in [4.78, 5) is 0. The summed E-state index contributed by atoms with van der Waals surface area (Å²) in [6.07, 6.45) is -0.853. The van der Waals surface area contributed by atoms with Gasteiger partial charge in [0.15, 0.2) is 8.32 Å². The molecular formula is C12H27BF3KO3Si. The van der Waals surface area contributed by atoms with Crippen molar-refractivity contribution in [2.75, 3.05) is 33.0 Å². The Morgan fingerprint density at radius 3 is 1.71 bits per heavy atom. The van der Waals surface area contributed by atoms with Crippen molar-refractivity contribution in [1.82, 2.24) is 0 Å². The Morgan fingerprint density at radius 2 is 1.29 bits per heavy atom. The van der Waals surface area contributed by atoms with Crippen molar-refractivity contribution in [1.29, 1.82) is 0 Å². The molecule has 0 bridgehead atoms.